The molecule has 1 aliphatic rings. The molecule has 1 amide bonds. The van der Waals surface area contributed by atoms with Gasteiger partial charge in [-0.15, -0.1) is 0 Å². The summed E-state index contributed by atoms with van der Waals surface area (Å²) in [6.07, 6.45) is 2.30. The molecule has 0 saturated heterocycles. The van der Waals surface area contributed by atoms with Crippen LogP contribution >= 0.6 is 0 Å². The first-order valence-corrected chi connectivity index (χ1v) is 5.99. The first-order valence-electron chi connectivity index (χ1n) is 5.99. The Balaban J connectivity index is 2.19. The SMILES string of the molecule is NC1CCCC1C(=O)Nc1ccc(F)cc1[N+](=O)[O-]. The van der Waals surface area contributed by atoms with Crippen LogP contribution in [0.15, 0.2) is 18.2 Å². The van der Waals surface area contributed by atoms with Crippen LogP contribution in [0, 0.1) is 21.8 Å². The molecule has 0 bridgehead atoms. The van der Waals surface area contributed by atoms with Crippen molar-refractivity contribution in [3.05, 3.63) is 34.1 Å². The molecule has 102 valence electrons. The van der Waals surface area contributed by atoms with Gasteiger partial charge in [0, 0.05) is 6.04 Å². The molecular formula is C12H14FN3O3. The van der Waals surface area contributed by atoms with Gasteiger partial charge in [-0.1, -0.05) is 6.42 Å². The van der Waals surface area contributed by atoms with E-state index >= 15 is 0 Å². The third-order valence-corrected chi connectivity index (χ3v) is 3.32. The van der Waals surface area contributed by atoms with E-state index in [0.29, 0.717) is 6.42 Å². The normalized spacial score (nSPS) is 22.2. The summed E-state index contributed by atoms with van der Waals surface area (Å²) >= 11 is 0. The minimum absolute atomic E-state index is 0.00417. The maximum absolute atomic E-state index is 13.0. The van der Waals surface area contributed by atoms with Gasteiger partial charge < -0.3 is 11.1 Å². The number of carbonyl (C=O) groups is 1. The monoisotopic (exact) mass is 267 g/mol. The van der Waals surface area contributed by atoms with Crippen molar-refractivity contribution in [1.82, 2.24) is 0 Å². The number of nitro groups is 1. The van der Waals surface area contributed by atoms with Crippen molar-refractivity contribution in [2.24, 2.45) is 11.7 Å². The molecular weight excluding hydrogens is 253 g/mol. The molecule has 1 aromatic carbocycles. The van der Waals surface area contributed by atoms with E-state index in [4.69, 9.17) is 5.73 Å². The van der Waals surface area contributed by atoms with Crippen molar-refractivity contribution in [3.63, 3.8) is 0 Å². The molecule has 0 radical (unpaired) electrons. The maximum atomic E-state index is 13.0. The molecule has 3 N–H and O–H groups in total. The van der Waals surface area contributed by atoms with Gasteiger partial charge in [0.1, 0.15) is 11.5 Å². The van der Waals surface area contributed by atoms with Gasteiger partial charge in [-0.2, -0.15) is 0 Å². The van der Waals surface area contributed by atoms with Crippen molar-refractivity contribution in [2.75, 3.05) is 5.32 Å². The molecule has 19 heavy (non-hydrogen) atoms. The number of anilines is 1. The van der Waals surface area contributed by atoms with Gasteiger partial charge in [-0.3, -0.25) is 14.9 Å². The van der Waals surface area contributed by atoms with Crippen LogP contribution in [0.3, 0.4) is 0 Å². The second kappa shape index (κ2) is 5.31. The van der Waals surface area contributed by atoms with Gasteiger partial charge in [-0.05, 0) is 25.0 Å². The number of carbonyl (C=O) groups excluding carboxylic acids is 1. The number of nitrogens with one attached hydrogen (secondary N) is 1. The molecule has 2 rings (SSSR count). The Bertz CT molecular complexity index is 521. The first-order chi connectivity index (χ1) is 8.99. The lowest BCUT2D eigenvalue weighted by atomic mass is 10.0. The maximum Gasteiger partial charge on any atom is 0.295 e. The van der Waals surface area contributed by atoms with Gasteiger partial charge in [0.05, 0.1) is 16.9 Å². The van der Waals surface area contributed by atoms with Crippen LogP contribution in [0.2, 0.25) is 0 Å². The van der Waals surface area contributed by atoms with Crippen LogP contribution in [0.5, 0.6) is 0 Å². The number of nitrogens with two attached hydrogens (primary N) is 1. The number of nitrogens with zero attached hydrogens (tertiary/aromatic N) is 1. The Hall–Kier alpha value is -2.02. The molecule has 1 fully saturated rings. The van der Waals surface area contributed by atoms with Gasteiger partial charge >= 0.3 is 0 Å². The van der Waals surface area contributed by atoms with E-state index in [1.165, 1.54) is 6.07 Å². The lowest BCUT2D eigenvalue weighted by Crippen LogP contribution is -2.34. The number of hydrogen-bond acceptors (Lipinski definition) is 4. The van der Waals surface area contributed by atoms with E-state index in [0.717, 1.165) is 25.0 Å². The Morgan fingerprint density at radius 2 is 2.21 bits per heavy atom. The summed E-state index contributed by atoms with van der Waals surface area (Å²) < 4.78 is 13.0. The fourth-order valence-electron chi connectivity index (χ4n) is 2.30. The Kier molecular flexibility index (Phi) is 3.75. The zero-order chi connectivity index (χ0) is 14.0. The summed E-state index contributed by atoms with van der Waals surface area (Å²) in [4.78, 5) is 22.1. The van der Waals surface area contributed by atoms with Crippen molar-refractivity contribution in [2.45, 2.75) is 25.3 Å². The van der Waals surface area contributed by atoms with Crippen molar-refractivity contribution in [1.29, 1.82) is 0 Å². The van der Waals surface area contributed by atoms with Crippen molar-refractivity contribution in [3.8, 4) is 0 Å². The Labute approximate surface area is 108 Å². The predicted octanol–water partition coefficient (Wildman–Crippen LogP) is 1.80. The predicted molar refractivity (Wildman–Crippen MR) is 67.0 cm³/mol. The summed E-state index contributed by atoms with van der Waals surface area (Å²) in [7, 11) is 0. The smallest absolute Gasteiger partial charge is 0.295 e. The highest BCUT2D eigenvalue weighted by Gasteiger charge is 2.31. The molecule has 0 spiro atoms. The molecule has 1 aliphatic carbocycles. The number of halogens is 1. The van der Waals surface area contributed by atoms with E-state index < -0.39 is 16.4 Å². The largest absolute Gasteiger partial charge is 0.327 e. The molecule has 1 aromatic rings. The summed E-state index contributed by atoms with van der Waals surface area (Å²) in [6, 6.07) is 2.81. The fraction of sp³-hybridized carbons (Fsp3) is 0.417. The van der Waals surface area contributed by atoms with Crippen LogP contribution in [0.1, 0.15) is 19.3 Å². The quantitative estimate of drug-likeness (QED) is 0.644. The summed E-state index contributed by atoms with van der Waals surface area (Å²) in [5.74, 6) is -1.41. The summed E-state index contributed by atoms with van der Waals surface area (Å²) in [6.45, 7) is 0. The van der Waals surface area contributed by atoms with Crippen LogP contribution in [-0.2, 0) is 4.79 Å². The lowest BCUT2D eigenvalue weighted by molar-refractivity contribution is -0.384. The first kappa shape index (κ1) is 13.4. The molecule has 0 heterocycles. The van der Waals surface area contributed by atoms with Gasteiger partial charge in [0.2, 0.25) is 5.91 Å². The number of hydrogen-bond donors (Lipinski definition) is 2. The van der Waals surface area contributed by atoms with Crippen LogP contribution in [-0.4, -0.2) is 16.9 Å². The molecule has 0 aromatic heterocycles. The average molecular weight is 267 g/mol. The summed E-state index contributed by atoms with van der Waals surface area (Å²) in [5.41, 5.74) is 5.34. The zero-order valence-electron chi connectivity index (χ0n) is 10.1. The molecule has 2 unspecified atom stereocenters. The number of rotatable bonds is 3. The van der Waals surface area contributed by atoms with Crippen molar-refractivity contribution >= 4 is 17.3 Å². The Morgan fingerprint density at radius 3 is 2.79 bits per heavy atom. The summed E-state index contributed by atoms with van der Waals surface area (Å²) in [5, 5.41) is 13.3. The fourth-order valence-corrected chi connectivity index (χ4v) is 2.30. The molecule has 2 atom stereocenters. The van der Waals surface area contributed by atoms with Crippen LogP contribution in [0.4, 0.5) is 15.8 Å². The van der Waals surface area contributed by atoms with E-state index in [1.54, 1.807) is 0 Å². The standard InChI is InChI=1S/C12H14FN3O3/c13-7-4-5-10(11(6-7)16(18)19)15-12(17)8-2-1-3-9(8)14/h4-6,8-9H,1-3,14H2,(H,15,17). The molecule has 1 saturated carbocycles. The van der Waals surface area contributed by atoms with E-state index in [2.05, 4.69) is 5.32 Å². The van der Waals surface area contributed by atoms with Crippen LogP contribution in [0.25, 0.3) is 0 Å². The van der Waals surface area contributed by atoms with E-state index in [9.17, 15) is 19.3 Å². The number of nitro benzene ring substituents is 1. The zero-order valence-corrected chi connectivity index (χ0v) is 10.1. The Morgan fingerprint density at radius 1 is 1.47 bits per heavy atom. The molecule has 0 aliphatic heterocycles. The van der Waals surface area contributed by atoms with Gasteiger partial charge in [0.25, 0.3) is 5.69 Å². The molecule has 6 nitrogen and oxygen atoms in total. The van der Waals surface area contributed by atoms with Crippen molar-refractivity contribution < 1.29 is 14.1 Å². The minimum Gasteiger partial charge on any atom is -0.327 e. The average Bonchev–Trinajstić information content (AvgIpc) is 2.77. The lowest BCUT2D eigenvalue weighted by Gasteiger charge is -2.15. The third kappa shape index (κ3) is 2.87. The number of amides is 1. The number of benzene rings is 1. The highest BCUT2D eigenvalue weighted by atomic mass is 19.1. The van der Waals surface area contributed by atoms with E-state index in [1.807, 2.05) is 0 Å². The second-order valence-corrected chi connectivity index (χ2v) is 4.61. The second-order valence-electron chi connectivity index (χ2n) is 4.61. The molecule has 7 heteroatoms. The minimum atomic E-state index is -0.729. The van der Waals surface area contributed by atoms with Crippen LogP contribution < -0.4 is 11.1 Å². The highest BCUT2D eigenvalue weighted by Crippen LogP contribution is 2.29. The highest BCUT2D eigenvalue weighted by molar-refractivity contribution is 5.95. The van der Waals surface area contributed by atoms with Gasteiger partial charge in [0.15, 0.2) is 0 Å². The van der Waals surface area contributed by atoms with Gasteiger partial charge in [-0.25, -0.2) is 4.39 Å². The van der Waals surface area contributed by atoms with E-state index in [-0.39, 0.29) is 23.6 Å². The topological polar surface area (TPSA) is 98.3 Å². The third-order valence-electron chi connectivity index (χ3n) is 3.32.